The summed E-state index contributed by atoms with van der Waals surface area (Å²) in [4.78, 5) is 38.5. The second-order valence-electron chi connectivity index (χ2n) is 7.49. The Bertz CT molecular complexity index is 1090. The summed E-state index contributed by atoms with van der Waals surface area (Å²) in [7, 11) is 7.69. The van der Waals surface area contributed by atoms with E-state index >= 15 is 0 Å². The molecule has 10 heteroatoms. The first-order valence-corrected chi connectivity index (χ1v) is 10.2. The van der Waals surface area contributed by atoms with Gasteiger partial charge in [0.2, 0.25) is 0 Å². The lowest BCUT2D eigenvalue weighted by molar-refractivity contribution is 0.0436. The molecule has 3 aromatic carbocycles. The largest absolute Gasteiger partial charge is 0.378 e. The summed E-state index contributed by atoms with van der Waals surface area (Å²) >= 11 is 0. The van der Waals surface area contributed by atoms with E-state index in [4.69, 9.17) is 9.68 Å². The van der Waals surface area contributed by atoms with Gasteiger partial charge in [0, 0.05) is 50.1 Å². The van der Waals surface area contributed by atoms with Gasteiger partial charge >= 0.3 is 11.9 Å². The van der Waals surface area contributed by atoms with Crippen LogP contribution >= 0.6 is 0 Å². The number of carbonyl (C=O) groups is 2. The average molecular weight is 460 g/mol. The van der Waals surface area contributed by atoms with E-state index in [0.29, 0.717) is 11.4 Å². The first-order valence-electron chi connectivity index (χ1n) is 10.2. The summed E-state index contributed by atoms with van der Waals surface area (Å²) in [6.07, 6.45) is 0. The lowest BCUT2D eigenvalue weighted by Gasteiger charge is -2.11. The maximum absolute atomic E-state index is 12.4. The Balaban J connectivity index is 1.62. The second-order valence-corrected chi connectivity index (χ2v) is 7.49. The first kappa shape index (κ1) is 24.1. The van der Waals surface area contributed by atoms with Crippen molar-refractivity contribution in [2.75, 3.05) is 38.0 Å². The third-order valence-corrected chi connectivity index (χ3v) is 4.66. The fourth-order valence-electron chi connectivity index (χ4n) is 2.78. The second kappa shape index (κ2) is 11.3. The van der Waals surface area contributed by atoms with Crippen LogP contribution in [0, 0.1) is 0 Å². The third kappa shape index (κ3) is 6.45. The van der Waals surface area contributed by atoms with Crippen LogP contribution in [0.15, 0.2) is 93.6 Å². The average Bonchev–Trinajstić information content (AvgIpc) is 2.84. The SMILES string of the molecule is CN(C)c1ccc(N=NOC(=O)c2ccccc2C(=O)ON=Nc2ccc(N(C)C)cc2)cc1. The Labute approximate surface area is 197 Å². The molecule has 0 spiro atoms. The number of hydrogen-bond donors (Lipinski definition) is 0. The molecule has 3 rings (SSSR count). The summed E-state index contributed by atoms with van der Waals surface area (Å²) in [6.45, 7) is 0. The molecule has 0 aliphatic heterocycles. The van der Waals surface area contributed by atoms with Gasteiger partial charge in [0.15, 0.2) is 0 Å². The molecule has 0 aromatic heterocycles. The van der Waals surface area contributed by atoms with Gasteiger partial charge in [0.25, 0.3) is 0 Å². The van der Waals surface area contributed by atoms with Crippen LogP contribution in [0.3, 0.4) is 0 Å². The molecular weight excluding hydrogens is 436 g/mol. The van der Waals surface area contributed by atoms with E-state index in [2.05, 4.69) is 20.8 Å². The van der Waals surface area contributed by atoms with Gasteiger partial charge in [-0.25, -0.2) is 9.59 Å². The Kier molecular flexibility index (Phi) is 8.01. The predicted octanol–water partition coefficient (Wildman–Crippen LogP) is 5.53. The highest BCUT2D eigenvalue weighted by molar-refractivity contribution is 6.03. The summed E-state index contributed by atoms with van der Waals surface area (Å²) in [6, 6.07) is 20.3. The van der Waals surface area contributed by atoms with E-state index in [1.807, 2.05) is 62.3 Å². The van der Waals surface area contributed by atoms with Gasteiger partial charge < -0.3 is 9.80 Å². The molecule has 0 amide bonds. The van der Waals surface area contributed by atoms with Gasteiger partial charge in [-0.05, 0) is 60.7 Å². The molecule has 0 fully saturated rings. The normalized spacial score (nSPS) is 10.9. The third-order valence-electron chi connectivity index (χ3n) is 4.66. The topological polar surface area (TPSA) is 109 Å². The molecular formula is C24H24N6O4. The molecule has 0 radical (unpaired) electrons. The minimum absolute atomic E-state index is 0.0417. The predicted molar refractivity (Wildman–Crippen MR) is 128 cm³/mol. The van der Waals surface area contributed by atoms with Crippen LogP contribution in [0.1, 0.15) is 20.7 Å². The molecule has 0 unspecified atom stereocenters. The van der Waals surface area contributed by atoms with Crippen LogP contribution in [0.25, 0.3) is 0 Å². The van der Waals surface area contributed by atoms with Crippen LogP contribution < -0.4 is 9.80 Å². The Morgan fingerprint density at radius 3 is 1.26 bits per heavy atom. The van der Waals surface area contributed by atoms with E-state index in [-0.39, 0.29) is 11.1 Å². The van der Waals surface area contributed by atoms with Crippen LogP contribution in [0.2, 0.25) is 0 Å². The van der Waals surface area contributed by atoms with Gasteiger partial charge in [0.05, 0.1) is 22.5 Å². The fraction of sp³-hybridized carbons (Fsp3) is 0.167. The monoisotopic (exact) mass is 460 g/mol. The van der Waals surface area contributed by atoms with Crippen molar-refractivity contribution in [3.8, 4) is 0 Å². The number of rotatable bonds is 8. The highest BCUT2D eigenvalue weighted by Crippen LogP contribution is 2.20. The lowest BCUT2D eigenvalue weighted by atomic mass is 10.1. The Morgan fingerprint density at radius 1 is 0.588 bits per heavy atom. The summed E-state index contributed by atoms with van der Waals surface area (Å²) < 4.78 is 0. The Hall–Kier alpha value is -4.60. The molecule has 0 saturated heterocycles. The smallest absolute Gasteiger partial charge is 0.368 e. The molecule has 0 N–H and O–H groups in total. The molecule has 0 aliphatic rings. The van der Waals surface area contributed by atoms with Crippen molar-refractivity contribution < 1.29 is 19.3 Å². The highest BCUT2D eigenvalue weighted by Gasteiger charge is 2.20. The van der Waals surface area contributed by atoms with E-state index in [0.717, 1.165) is 11.4 Å². The maximum Gasteiger partial charge on any atom is 0.368 e. The zero-order valence-electron chi connectivity index (χ0n) is 19.2. The first-order chi connectivity index (χ1) is 16.3. The molecule has 0 bridgehead atoms. The molecule has 0 atom stereocenters. The quantitative estimate of drug-likeness (QED) is 0.323. The molecule has 0 heterocycles. The lowest BCUT2D eigenvalue weighted by Crippen LogP contribution is -2.10. The maximum atomic E-state index is 12.4. The number of nitrogens with zero attached hydrogens (tertiary/aromatic N) is 6. The van der Waals surface area contributed by atoms with Crippen LogP contribution in [-0.4, -0.2) is 40.1 Å². The van der Waals surface area contributed by atoms with Crippen molar-refractivity contribution >= 4 is 34.7 Å². The van der Waals surface area contributed by atoms with Crippen LogP contribution in [0.4, 0.5) is 22.7 Å². The summed E-state index contributed by atoms with van der Waals surface area (Å²) in [5.41, 5.74) is 2.91. The van der Waals surface area contributed by atoms with E-state index in [1.54, 1.807) is 36.4 Å². The number of carbonyl (C=O) groups excluding carboxylic acids is 2. The number of hydrogen-bond acceptors (Lipinski definition) is 10. The van der Waals surface area contributed by atoms with Crippen LogP contribution in [-0.2, 0) is 9.68 Å². The van der Waals surface area contributed by atoms with Crippen molar-refractivity contribution in [2.45, 2.75) is 0 Å². The Morgan fingerprint density at radius 2 is 0.941 bits per heavy atom. The minimum Gasteiger partial charge on any atom is -0.378 e. The molecule has 10 nitrogen and oxygen atoms in total. The molecule has 34 heavy (non-hydrogen) atoms. The fourth-order valence-corrected chi connectivity index (χ4v) is 2.78. The number of anilines is 2. The minimum atomic E-state index is -0.863. The summed E-state index contributed by atoms with van der Waals surface area (Å²) in [5, 5.41) is 14.7. The van der Waals surface area contributed by atoms with Crippen molar-refractivity contribution in [1.82, 2.24) is 0 Å². The zero-order valence-corrected chi connectivity index (χ0v) is 19.2. The molecule has 3 aromatic rings. The molecule has 174 valence electrons. The van der Waals surface area contributed by atoms with Gasteiger partial charge in [-0.2, -0.15) is 0 Å². The van der Waals surface area contributed by atoms with Crippen molar-refractivity contribution in [2.24, 2.45) is 20.8 Å². The van der Waals surface area contributed by atoms with Crippen molar-refractivity contribution in [3.63, 3.8) is 0 Å². The van der Waals surface area contributed by atoms with Gasteiger partial charge in [-0.1, -0.05) is 12.1 Å². The van der Waals surface area contributed by atoms with E-state index in [1.165, 1.54) is 12.1 Å². The van der Waals surface area contributed by atoms with Crippen molar-refractivity contribution in [3.05, 3.63) is 83.9 Å². The van der Waals surface area contributed by atoms with E-state index < -0.39 is 11.9 Å². The molecule has 0 saturated carbocycles. The van der Waals surface area contributed by atoms with Gasteiger partial charge in [-0.15, -0.1) is 10.2 Å². The standard InChI is InChI=1S/C24H24N6O4/c1-29(2)19-13-9-17(10-14-19)25-27-33-23(31)21-7-5-6-8-22(21)24(32)34-28-26-18-11-15-20(16-12-18)30(3)4/h5-16H,1-4H3. The molecule has 0 aliphatic carbocycles. The van der Waals surface area contributed by atoms with Crippen LogP contribution in [0.5, 0.6) is 0 Å². The van der Waals surface area contributed by atoms with Crippen molar-refractivity contribution in [1.29, 1.82) is 0 Å². The zero-order chi connectivity index (χ0) is 24.5. The summed E-state index contributed by atoms with van der Waals surface area (Å²) in [5.74, 6) is -1.73. The number of benzene rings is 3. The highest BCUT2D eigenvalue weighted by atomic mass is 16.7. The van der Waals surface area contributed by atoms with E-state index in [9.17, 15) is 9.59 Å². The van der Waals surface area contributed by atoms with Gasteiger partial charge in [0.1, 0.15) is 0 Å². The van der Waals surface area contributed by atoms with Gasteiger partial charge in [-0.3, -0.25) is 9.68 Å².